The number of halogens is 1. The van der Waals surface area contributed by atoms with Crippen molar-refractivity contribution in [3.05, 3.63) is 24.0 Å². The van der Waals surface area contributed by atoms with Crippen LogP contribution in [0.5, 0.6) is 5.75 Å². The molecule has 1 fully saturated rings. The van der Waals surface area contributed by atoms with E-state index >= 15 is 0 Å². The van der Waals surface area contributed by atoms with Crippen molar-refractivity contribution in [2.75, 3.05) is 26.0 Å². The number of rotatable bonds is 6. The molecule has 0 aliphatic carbocycles. The number of methoxy groups -OCH3 is 1. The lowest BCUT2D eigenvalue weighted by Gasteiger charge is -2.37. The number of hydrogen-bond donors (Lipinski definition) is 0. The first-order valence-electron chi connectivity index (χ1n) is 7.13. The Morgan fingerprint density at radius 3 is 2.39 bits per heavy atom. The van der Waals surface area contributed by atoms with Crippen molar-refractivity contribution >= 4 is 19.9 Å². The molecule has 0 saturated carbocycles. The summed E-state index contributed by atoms with van der Waals surface area (Å²) in [5.74, 6) is -0.669. The van der Waals surface area contributed by atoms with Crippen molar-refractivity contribution in [3.8, 4) is 5.75 Å². The van der Waals surface area contributed by atoms with Crippen LogP contribution in [0.3, 0.4) is 0 Å². The Balaban J connectivity index is 2.21. The second kappa shape index (κ2) is 6.37. The number of hydrogen-bond acceptors (Lipinski definition) is 5. The molecule has 0 unspecified atom stereocenters. The minimum atomic E-state index is -3.99. The molecule has 0 radical (unpaired) electrons. The largest absolute Gasteiger partial charge is 0.495 e. The fourth-order valence-corrected chi connectivity index (χ4v) is 6.32. The van der Waals surface area contributed by atoms with E-state index in [1.165, 1.54) is 13.2 Å². The molecule has 1 aromatic carbocycles. The highest BCUT2D eigenvalue weighted by molar-refractivity contribution is 7.92. The van der Waals surface area contributed by atoms with E-state index in [2.05, 4.69) is 0 Å². The van der Waals surface area contributed by atoms with Gasteiger partial charge < -0.3 is 4.74 Å². The van der Waals surface area contributed by atoms with Gasteiger partial charge in [0.2, 0.25) is 10.0 Å². The number of sulfonamides is 1. The molecule has 9 heteroatoms. The molecular weight excluding hydrogens is 345 g/mol. The average Bonchev–Trinajstić information content (AvgIpc) is 2.34. The third-order valence-corrected chi connectivity index (χ3v) is 7.93. The smallest absolute Gasteiger partial charge is 0.246 e. The predicted molar refractivity (Wildman–Crippen MR) is 84.1 cm³/mol. The van der Waals surface area contributed by atoms with Gasteiger partial charge in [-0.1, -0.05) is 13.8 Å². The highest BCUT2D eigenvalue weighted by Crippen LogP contribution is 2.31. The number of ether oxygens (including phenoxy) is 1. The fraction of sp³-hybridized carbons (Fsp3) is 0.571. The lowest BCUT2D eigenvalue weighted by atomic mass is 10.3. The zero-order chi connectivity index (χ0) is 17.4. The Kier molecular flexibility index (Phi) is 5.03. The van der Waals surface area contributed by atoms with Crippen LogP contribution in [-0.2, 0) is 19.9 Å². The van der Waals surface area contributed by atoms with Gasteiger partial charge in [0.1, 0.15) is 16.5 Å². The van der Waals surface area contributed by atoms with E-state index in [-0.39, 0.29) is 35.4 Å². The minimum Gasteiger partial charge on any atom is -0.495 e. The Morgan fingerprint density at radius 2 is 1.87 bits per heavy atom. The van der Waals surface area contributed by atoms with Crippen LogP contribution in [-0.4, -0.2) is 52.3 Å². The Bertz CT molecular complexity index is 783. The van der Waals surface area contributed by atoms with Gasteiger partial charge in [-0.3, -0.25) is 0 Å². The Morgan fingerprint density at radius 1 is 1.26 bits per heavy atom. The second-order valence-electron chi connectivity index (χ2n) is 5.96. The van der Waals surface area contributed by atoms with Crippen LogP contribution in [0.15, 0.2) is 23.1 Å². The summed E-state index contributed by atoms with van der Waals surface area (Å²) in [5, 5.41) is -0.709. The molecule has 0 spiro atoms. The van der Waals surface area contributed by atoms with Gasteiger partial charge in [-0.2, -0.15) is 4.31 Å². The molecule has 1 saturated heterocycles. The van der Waals surface area contributed by atoms with E-state index < -0.39 is 30.9 Å². The molecule has 0 aromatic heterocycles. The number of nitrogens with zero attached hydrogens (tertiary/aromatic N) is 1. The molecule has 1 aliphatic rings. The maximum Gasteiger partial charge on any atom is 0.246 e. The van der Waals surface area contributed by atoms with Crippen molar-refractivity contribution < 1.29 is 26.0 Å². The molecule has 0 atom stereocenters. The molecule has 1 aromatic rings. The topological polar surface area (TPSA) is 80.8 Å². The monoisotopic (exact) mass is 365 g/mol. The van der Waals surface area contributed by atoms with E-state index in [4.69, 9.17) is 4.74 Å². The van der Waals surface area contributed by atoms with Crippen LogP contribution in [0.2, 0.25) is 0 Å². The molecule has 6 nitrogen and oxygen atoms in total. The third-order valence-electron chi connectivity index (χ3n) is 3.63. The summed E-state index contributed by atoms with van der Waals surface area (Å²) in [6.45, 7) is 3.36. The fourth-order valence-electron chi connectivity index (χ4n) is 2.42. The van der Waals surface area contributed by atoms with Crippen LogP contribution in [0.1, 0.15) is 13.8 Å². The van der Waals surface area contributed by atoms with Crippen LogP contribution >= 0.6 is 0 Å². The van der Waals surface area contributed by atoms with Crippen molar-refractivity contribution in [1.82, 2.24) is 4.31 Å². The van der Waals surface area contributed by atoms with E-state index in [0.717, 1.165) is 16.4 Å². The van der Waals surface area contributed by atoms with Crippen molar-refractivity contribution in [2.24, 2.45) is 5.92 Å². The van der Waals surface area contributed by atoms with Gasteiger partial charge >= 0.3 is 0 Å². The van der Waals surface area contributed by atoms with Gasteiger partial charge in [0, 0.05) is 13.1 Å². The Hall–Kier alpha value is -1.19. The molecule has 0 bridgehead atoms. The maximum absolute atomic E-state index is 13.4. The first-order chi connectivity index (χ1) is 10.6. The van der Waals surface area contributed by atoms with E-state index in [0.29, 0.717) is 0 Å². The molecule has 130 valence electrons. The summed E-state index contributed by atoms with van der Waals surface area (Å²) in [6, 6.07) is 3.21. The van der Waals surface area contributed by atoms with Gasteiger partial charge in [0.25, 0.3) is 0 Å². The summed E-state index contributed by atoms with van der Waals surface area (Å²) < 4.78 is 68.6. The molecule has 0 N–H and O–H groups in total. The molecule has 2 rings (SSSR count). The maximum atomic E-state index is 13.4. The van der Waals surface area contributed by atoms with E-state index in [9.17, 15) is 21.2 Å². The molecule has 1 heterocycles. The van der Waals surface area contributed by atoms with Crippen molar-refractivity contribution in [3.63, 3.8) is 0 Å². The average molecular weight is 365 g/mol. The van der Waals surface area contributed by atoms with Gasteiger partial charge in [0.05, 0.1) is 18.1 Å². The lowest BCUT2D eigenvalue weighted by Crippen LogP contribution is -2.57. The first-order valence-corrected chi connectivity index (χ1v) is 10.3. The summed E-state index contributed by atoms with van der Waals surface area (Å²) in [7, 11) is -6.03. The van der Waals surface area contributed by atoms with E-state index in [1.54, 1.807) is 13.8 Å². The van der Waals surface area contributed by atoms with Crippen LogP contribution in [0.25, 0.3) is 0 Å². The molecule has 23 heavy (non-hydrogen) atoms. The zero-order valence-electron chi connectivity index (χ0n) is 13.2. The quantitative estimate of drug-likeness (QED) is 0.759. The van der Waals surface area contributed by atoms with Crippen LogP contribution in [0, 0.1) is 11.7 Å². The predicted octanol–water partition coefficient (Wildman–Crippen LogP) is 1.28. The summed E-state index contributed by atoms with van der Waals surface area (Å²) >= 11 is 0. The van der Waals surface area contributed by atoms with Crippen LogP contribution in [0.4, 0.5) is 4.39 Å². The number of sulfone groups is 1. The van der Waals surface area contributed by atoms with Crippen molar-refractivity contribution in [1.29, 1.82) is 0 Å². The SMILES string of the molecule is COc1ccc(F)cc1S(=O)(=O)N1CC(S(=O)(=O)CC(C)C)C1. The second-order valence-corrected chi connectivity index (χ2v) is 10.2. The molecule has 1 aliphatic heterocycles. The van der Waals surface area contributed by atoms with Gasteiger partial charge in [-0.15, -0.1) is 0 Å². The highest BCUT2D eigenvalue weighted by Gasteiger charge is 2.44. The van der Waals surface area contributed by atoms with Crippen molar-refractivity contribution in [2.45, 2.75) is 24.0 Å². The highest BCUT2D eigenvalue weighted by atomic mass is 32.2. The summed E-state index contributed by atoms with van der Waals surface area (Å²) in [5.41, 5.74) is 0. The summed E-state index contributed by atoms with van der Waals surface area (Å²) in [6.07, 6.45) is 0. The Labute approximate surface area is 136 Å². The van der Waals surface area contributed by atoms with E-state index in [1.807, 2.05) is 0 Å². The lowest BCUT2D eigenvalue weighted by molar-refractivity contribution is 0.306. The summed E-state index contributed by atoms with van der Waals surface area (Å²) in [4.78, 5) is -0.292. The van der Waals surface area contributed by atoms with Gasteiger partial charge in [-0.25, -0.2) is 21.2 Å². The molecular formula is C14H20FNO5S2. The van der Waals surface area contributed by atoms with Gasteiger partial charge in [0.15, 0.2) is 9.84 Å². The third kappa shape index (κ3) is 3.67. The first kappa shape index (κ1) is 18.2. The van der Waals surface area contributed by atoms with Crippen LogP contribution < -0.4 is 4.74 Å². The normalized spacial score (nSPS) is 17.3. The minimum absolute atomic E-state index is 0.0195. The molecule has 0 amide bonds. The standard InChI is InChI=1S/C14H20FNO5S2/c1-10(2)9-22(17,18)12-7-16(8-12)23(19,20)14-6-11(15)4-5-13(14)21-3/h4-6,10,12H,7-9H2,1-3H3. The number of benzene rings is 1. The zero-order valence-corrected chi connectivity index (χ0v) is 14.8. The van der Waals surface area contributed by atoms with Gasteiger partial charge in [-0.05, 0) is 24.1 Å².